The lowest BCUT2D eigenvalue weighted by atomic mass is 10.1. The molecule has 0 aromatic heterocycles. The first-order valence-corrected chi connectivity index (χ1v) is 7.82. The molecule has 2 fully saturated rings. The largest absolute Gasteiger partial charge is 0.301 e. The maximum Gasteiger partial charge on any atom is 0.178 e. The highest BCUT2D eigenvalue weighted by Crippen LogP contribution is 2.29. The molecule has 0 radical (unpaired) electrons. The minimum absolute atomic E-state index is 0.131. The quantitative estimate of drug-likeness (QED) is 0.779. The van der Waals surface area contributed by atoms with E-state index in [-0.39, 0.29) is 5.78 Å². The van der Waals surface area contributed by atoms with Gasteiger partial charge in [-0.05, 0) is 30.9 Å². The molecule has 3 rings (SSSR count). The number of carbonyl (C=O) groups excluding carboxylic acids is 1. The van der Waals surface area contributed by atoms with E-state index in [1.807, 2.05) is 18.2 Å². The summed E-state index contributed by atoms with van der Waals surface area (Å²) in [7, 11) is 0. The minimum Gasteiger partial charge on any atom is -0.301 e. The van der Waals surface area contributed by atoms with Crippen LogP contribution in [0.15, 0.2) is 24.3 Å². The van der Waals surface area contributed by atoms with Gasteiger partial charge in [0.25, 0.3) is 0 Å². The van der Waals surface area contributed by atoms with E-state index in [2.05, 4.69) is 9.80 Å². The molecule has 0 N–H and O–H groups in total. The Labute approximate surface area is 125 Å². The van der Waals surface area contributed by atoms with Crippen LogP contribution in [0.5, 0.6) is 0 Å². The van der Waals surface area contributed by atoms with Crippen LogP contribution in [-0.2, 0) is 0 Å². The van der Waals surface area contributed by atoms with E-state index in [4.69, 9.17) is 11.6 Å². The van der Waals surface area contributed by atoms with Gasteiger partial charge in [0.05, 0.1) is 11.6 Å². The highest BCUT2D eigenvalue weighted by molar-refractivity contribution is 6.34. The zero-order valence-corrected chi connectivity index (χ0v) is 12.5. The topological polar surface area (TPSA) is 23.6 Å². The molecule has 1 aromatic carbocycles. The second kappa shape index (κ2) is 6.25. The van der Waals surface area contributed by atoms with E-state index in [9.17, 15) is 4.79 Å². The van der Waals surface area contributed by atoms with Gasteiger partial charge in [-0.2, -0.15) is 0 Å². The van der Waals surface area contributed by atoms with Crippen molar-refractivity contribution >= 4 is 17.4 Å². The summed E-state index contributed by atoms with van der Waals surface area (Å²) in [5.41, 5.74) is 0.648. The highest BCUT2D eigenvalue weighted by Gasteiger charge is 2.27. The van der Waals surface area contributed by atoms with Crippen molar-refractivity contribution in [3.05, 3.63) is 34.9 Å². The lowest BCUT2D eigenvalue weighted by molar-refractivity contribution is 0.0847. The summed E-state index contributed by atoms with van der Waals surface area (Å²) >= 11 is 6.08. The zero-order valence-electron chi connectivity index (χ0n) is 11.7. The van der Waals surface area contributed by atoms with E-state index in [0.29, 0.717) is 17.1 Å². The molecule has 0 bridgehead atoms. The van der Waals surface area contributed by atoms with Gasteiger partial charge in [0.2, 0.25) is 0 Å². The third-order valence-corrected chi connectivity index (χ3v) is 4.55. The predicted molar refractivity (Wildman–Crippen MR) is 81.4 cm³/mol. The molecular weight excluding hydrogens is 272 g/mol. The summed E-state index contributed by atoms with van der Waals surface area (Å²) in [4.78, 5) is 17.0. The van der Waals surface area contributed by atoms with Crippen LogP contribution in [0, 0.1) is 5.92 Å². The van der Waals surface area contributed by atoms with Gasteiger partial charge in [-0.25, -0.2) is 0 Å². The molecule has 1 aromatic rings. The molecular formula is C16H21ClN2O. The average Bonchev–Trinajstić information content (AvgIpc) is 3.25. The van der Waals surface area contributed by atoms with Crippen LogP contribution in [0.4, 0.5) is 0 Å². The highest BCUT2D eigenvalue weighted by atomic mass is 35.5. The van der Waals surface area contributed by atoms with Gasteiger partial charge < -0.3 is 4.90 Å². The van der Waals surface area contributed by atoms with Gasteiger partial charge in [0.1, 0.15) is 0 Å². The molecule has 1 saturated carbocycles. The number of piperazine rings is 1. The number of hydrogen-bond donors (Lipinski definition) is 0. The van der Waals surface area contributed by atoms with Crippen molar-refractivity contribution in [3.8, 4) is 0 Å². The summed E-state index contributed by atoms with van der Waals surface area (Å²) in [6, 6.07) is 7.32. The third-order valence-electron chi connectivity index (χ3n) is 4.22. The van der Waals surface area contributed by atoms with E-state index >= 15 is 0 Å². The fraction of sp³-hybridized carbons (Fsp3) is 0.562. The number of benzene rings is 1. The normalized spacial score (nSPS) is 21.1. The van der Waals surface area contributed by atoms with E-state index in [1.54, 1.807) is 6.07 Å². The van der Waals surface area contributed by atoms with Gasteiger partial charge in [-0.1, -0.05) is 23.7 Å². The number of hydrogen-bond acceptors (Lipinski definition) is 3. The monoisotopic (exact) mass is 292 g/mol. The number of halogens is 1. The van der Waals surface area contributed by atoms with E-state index < -0.39 is 0 Å². The Kier molecular flexibility index (Phi) is 4.39. The maximum atomic E-state index is 12.3. The van der Waals surface area contributed by atoms with Crippen LogP contribution in [-0.4, -0.2) is 54.9 Å². The Hall–Kier alpha value is -0.900. The van der Waals surface area contributed by atoms with Crippen LogP contribution in [0.25, 0.3) is 0 Å². The van der Waals surface area contributed by atoms with Gasteiger partial charge in [-0.15, -0.1) is 0 Å². The molecule has 3 nitrogen and oxygen atoms in total. The number of ketones is 1. The number of Topliss-reactive ketones (excluding diaryl/α,β-unsaturated/α-hetero) is 1. The number of carbonyl (C=O) groups is 1. The van der Waals surface area contributed by atoms with Crippen LogP contribution < -0.4 is 0 Å². The summed E-state index contributed by atoms with van der Waals surface area (Å²) in [6.45, 7) is 5.90. The summed E-state index contributed by atoms with van der Waals surface area (Å²) in [5, 5.41) is 0.560. The Balaban J connectivity index is 1.49. The standard InChI is InChI=1S/C16H21ClN2O/c17-15-4-2-1-3-14(15)16(20)12-19-9-7-18(8-10-19)11-13-5-6-13/h1-4,13H,5-12H2. The Bertz CT molecular complexity index is 479. The molecule has 0 amide bonds. The smallest absolute Gasteiger partial charge is 0.178 e. The SMILES string of the molecule is O=C(CN1CCN(CC2CC2)CC1)c1ccccc1Cl. The van der Waals surface area contributed by atoms with Crippen molar-refractivity contribution in [3.63, 3.8) is 0 Å². The summed E-state index contributed by atoms with van der Waals surface area (Å²) in [5.74, 6) is 1.08. The van der Waals surface area contributed by atoms with Crippen molar-refractivity contribution in [1.82, 2.24) is 9.80 Å². The number of rotatable bonds is 5. The first kappa shape index (κ1) is 14.1. The lowest BCUT2D eigenvalue weighted by Gasteiger charge is -2.34. The van der Waals surface area contributed by atoms with Gasteiger partial charge >= 0.3 is 0 Å². The van der Waals surface area contributed by atoms with Crippen molar-refractivity contribution in [2.24, 2.45) is 5.92 Å². The lowest BCUT2D eigenvalue weighted by Crippen LogP contribution is -2.48. The van der Waals surface area contributed by atoms with Gasteiger partial charge in [0.15, 0.2) is 5.78 Å². The molecule has 0 atom stereocenters. The molecule has 0 unspecified atom stereocenters. The van der Waals surface area contributed by atoms with E-state index in [0.717, 1.165) is 32.1 Å². The molecule has 2 aliphatic rings. The van der Waals surface area contributed by atoms with Crippen molar-refractivity contribution in [2.45, 2.75) is 12.8 Å². The average molecular weight is 293 g/mol. The second-order valence-electron chi connectivity index (χ2n) is 5.92. The third kappa shape index (κ3) is 3.60. The molecule has 4 heteroatoms. The van der Waals surface area contributed by atoms with Crippen molar-refractivity contribution in [1.29, 1.82) is 0 Å². The van der Waals surface area contributed by atoms with Crippen LogP contribution in [0.2, 0.25) is 5.02 Å². The first-order chi connectivity index (χ1) is 9.72. The Morgan fingerprint density at radius 1 is 1.10 bits per heavy atom. The Morgan fingerprint density at radius 3 is 2.40 bits per heavy atom. The number of nitrogens with zero attached hydrogens (tertiary/aromatic N) is 2. The zero-order chi connectivity index (χ0) is 13.9. The summed E-state index contributed by atoms with van der Waals surface area (Å²) in [6.07, 6.45) is 2.82. The van der Waals surface area contributed by atoms with Gasteiger partial charge in [-0.3, -0.25) is 9.69 Å². The maximum absolute atomic E-state index is 12.3. The van der Waals surface area contributed by atoms with Crippen LogP contribution >= 0.6 is 11.6 Å². The molecule has 20 heavy (non-hydrogen) atoms. The molecule has 1 aliphatic carbocycles. The molecule has 1 saturated heterocycles. The minimum atomic E-state index is 0.131. The second-order valence-corrected chi connectivity index (χ2v) is 6.33. The predicted octanol–water partition coefficient (Wildman–Crippen LogP) is 2.55. The first-order valence-electron chi connectivity index (χ1n) is 7.45. The molecule has 1 aliphatic heterocycles. The van der Waals surface area contributed by atoms with Crippen molar-refractivity contribution in [2.75, 3.05) is 39.3 Å². The Morgan fingerprint density at radius 2 is 1.75 bits per heavy atom. The van der Waals surface area contributed by atoms with Crippen LogP contribution in [0.3, 0.4) is 0 Å². The van der Waals surface area contributed by atoms with Crippen molar-refractivity contribution < 1.29 is 4.79 Å². The molecule has 108 valence electrons. The van der Waals surface area contributed by atoms with Crippen LogP contribution in [0.1, 0.15) is 23.2 Å². The fourth-order valence-electron chi connectivity index (χ4n) is 2.77. The fourth-order valence-corrected chi connectivity index (χ4v) is 3.01. The van der Waals surface area contributed by atoms with E-state index in [1.165, 1.54) is 19.4 Å². The van der Waals surface area contributed by atoms with Gasteiger partial charge in [0, 0.05) is 38.3 Å². The molecule has 1 heterocycles. The summed E-state index contributed by atoms with van der Waals surface area (Å²) < 4.78 is 0. The molecule has 0 spiro atoms.